The number of piperazine rings is 1. The van der Waals surface area contributed by atoms with Crippen LogP contribution in [-0.4, -0.2) is 38.1 Å². The molecule has 0 aromatic rings. The maximum Gasteiger partial charge on any atom is 0.390 e. The van der Waals surface area contributed by atoms with Gasteiger partial charge in [0, 0.05) is 71.4 Å². The molecular formula is C6H9F3I2N2. The normalized spacial score (nSPS) is 27.9. The fourth-order valence-electron chi connectivity index (χ4n) is 1.23. The van der Waals surface area contributed by atoms with Crippen LogP contribution in [0.4, 0.5) is 13.2 Å². The van der Waals surface area contributed by atoms with Crippen molar-refractivity contribution < 1.29 is 13.2 Å². The van der Waals surface area contributed by atoms with Crippen LogP contribution >= 0.6 is 45.7 Å². The molecule has 7 heteroatoms. The number of halogens is 5. The average molecular weight is 420 g/mol. The van der Waals surface area contributed by atoms with E-state index in [9.17, 15) is 13.2 Å². The molecule has 0 radical (unpaired) electrons. The lowest BCUT2D eigenvalue weighted by Crippen LogP contribution is -2.46. The molecule has 0 spiro atoms. The van der Waals surface area contributed by atoms with E-state index >= 15 is 0 Å². The first-order valence-electron chi connectivity index (χ1n) is 3.78. The molecule has 0 aliphatic carbocycles. The van der Waals surface area contributed by atoms with Crippen LogP contribution < -0.4 is 0 Å². The fourth-order valence-corrected chi connectivity index (χ4v) is 2.49. The molecule has 0 bridgehead atoms. The molecule has 0 aromatic heterocycles. The van der Waals surface area contributed by atoms with Gasteiger partial charge in [-0.1, -0.05) is 0 Å². The Morgan fingerprint density at radius 3 is 2.38 bits per heavy atom. The SMILES string of the molecule is FC(F)(F)C[C@@H]1CN(I)CCN1I. The minimum absolute atomic E-state index is 0.397. The lowest BCUT2D eigenvalue weighted by atomic mass is 10.1. The molecule has 1 atom stereocenters. The van der Waals surface area contributed by atoms with Gasteiger partial charge in [-0.25, -0.2) is 6.23 Å². The molecule has 0 N–H and O–H groups in total. The van der Waals surface area contributed by atoms with Gasteiger partial charge in [-0.3, -0.25) is 0 Å². The summed E-state index contributed by atoms with van der Waals surface area (Å²) in [7, 11) is 0. The first kappa shape index (κ1) is 12.2. The van der Waals surface area contributed by atoms with E-state index in [2.05, 4.69) is 22.9 Å². The third kappa shape index (κ3) is 4.47. The smallest absolute Gasteiger partial charge is 0.245 e. The van der Waals surface area contributed by atoms with Crippen LogP contribution in [0.1, 0.15) is 6.42 Å². The van der Waals surface area contributed by atoms with Crippen LogP contribution in [0.3, 0.4) is 0 Å². The van der Waals surface area contributed by atoms with Gasteiger partial charge < -0.3 is 0 Å². The Kier molecular flexibility index (Phi) is 4.51. The zero-order chi connectivity index (χ0) is 10.1. The third-order valence-corrected chi connectivity index (χ3v) is 3.97. The van der Waals surface area contributed by atoms with Crippen molar-refractivity contribution in [2.24, 2.45) is 0 Å². The van der Waals surface area contributed by atoms with Crippen molar-refractivity contribution in [3.05, 3.63) is 0 Å². The molecule has 1 aliphatic rings. The topological polar surface area (TPSA) is 6.48 Å². The van der Waals surface area contributed by atoms with E-state index in [-0.39, 0.29) is 0 Å². The maximum absolute atomic E-state index is 12.1. The summed E-state index contributed by atoms with van der Waals surface area (Å²) in [5.41, 5.74) is 0. The van der Waals surface area contributed by atoms with E-state index in [0.29, 0.717) is 13.1 Å². The monoisotopic (exact) mass is 420 g/mol. The van der Waals surface area contributed by atoms with E-state index in [0.717, 1.165) is 6.54 Å². The highest BCUT2D eigenvalue weighted by Gasteiger charge is 2.36. The second kappa shape index (κ2) is 4.79. The van der Waals surface area contributed by atoms with Crippen LogP contribution in [-0.2, 0) is 0 Å². The lowest BCUT2D eigenvalue weighted by Gasteiger charge is -2.35. The summed E-state index contributed by atoms with van der Waals surface area (Å²) >= 11 is 4.04. The molecule has 0 amide bonds. The summed E-state index contributed by atoms with van der Waals surface area (Å²) in [6.45, 7) is 2.02. The van der Waals surface area contributed by atoms with Crippen molar-refractivity contribution in [1.29, 1.82) is 0 Å². The average Bonchev–Trinajstić information content (AvgIpc) is 1.94. The van der Waals surface area contributed by atoms with Gasteiger partial charge >= 0.3 is 6.18 Å². The highest BCUT2D eigenvalue weighted by molar-refractivity contribution is 14.1. The van der Waals surface area contributed by atoms with Crippen molar-refractivity contribution in [2.45, 2.75) is 18.6 Å². The van der Waals surface area contributed by atoms with Crippen LogP contribution in [0.2, 0.25) is 0 Å². The van der Waals surface area contributed by atoms with Crippen molar-refractivity contribution >= 4 is 45.7 Å². The Morgan fingerprint density at radius 1 is 1.23 bits per heavy atom. The van der Waals surface area contributed by atoms with Gasteiger partial charge in [0.05, 0.1) is 6.42 Å². The molecule has 2 nitrogen and oxygen atoms in total. The van der Waals surface area contributed by atoms with Gasteiger partial charge in [-0.05, 0) is 0 Å². The molecule has 0 unspecified atom stereocenters. The second-order valence-corrected chi connectivity index (χ2v) is 5.57. The summed E-state index contributed by atoms with van der Waals surface area (Å²) in [5.74, 6) is 0. The Labute approximate surface area is 103 Å². The highest BCUT2D eigenvalue weighted by Crippen LogP contribution is 2.28. The van der Waals surface area contributed by atoms with Crippen molar-refractivity contribution in [1.82, 2.24) is 6.23 Å². The number of alkyl halides is 3. The Balaban J connectivity index is 2.47. The van der Waals surface area contributed by atoms with Gasteiger partial charge in [0.2, 0.25) is 0 Å². The maximum atomic E-state index is 12.1. The first-order chi connectivity index (χ1) is 5.88. The number of nitrogens with zero attached hydrogens (tertiary/aromatic N) is 2. The Bertz CT molecular complexity index is 176. The minimum Gasteiger partial charge on any atom is -0.245 e. The molecular weight excluding hydrogens is 411 g/mol. The van der Waals surface area contributed by atoms with E-state index in [1.807, 2.05) is 26.0 Å². The van der Waals surface area contributed by atoms with Crippen molar-refractivity contribution in [2.75, 3.05) is 19.6 Å². The molecule has 1 heterocycles. The summed E-state index contributed by atoms with van der Waals surface area (Å²) in [6.07, 6.45) is -4.77. The molecule has 1 aliphatic heterocycles. The molecule has 0 saturated carbocycles. The Hall–Kier alpha value is 1.17. The zero-order valence-electron chi connectivity index (χ0n) is 6.69. The second-order valence-electron chi connectivity index (χ2n) is 2.97. The quantitative estimate of drug-likeness (QED) is 0.476. The van der Waals surface area contributed by atoms with Gasteiger partial charge in [0.1, 0.15) is 0 Å². The van der Waals surface area contributed by atoms with E-state index in [4.69, 9.17) is 0 Å². The van der Waals surface area contributed by atoms with Gasteiger partial charge in [0.15, 0.2) is 0 Å². The van der Waals surface area contributed by atoms with Crippen LogP contribution in [0.5, 0.6) is 0 Å². The zero-order valence-corrected chi connectivity index (χ0v) is 11.0. The van der Waals surface area contributed by atoms with Gasteiger partial charge in [0.25, 0.3) is 0 Å². The van der Waals surface area contributed by atoms with Gasteiger partial charge in [-0.15, -0.1) is 0 Å². The summed E-state index contributed by atoms with van der Waals surface area (Å²) in [6, 6.07) is -0.397. The van der Waals surface area contributed by atoms with Crippen LogP contribution in [0.15, 0.2) is 0 Å². The number of hydrogen-bond donors (Lipinski definition) is 0. The fraction of sp³-hybridized carbons (Fsp3) is 1.00. The van der Waals surface area contributed by atoms with E-state index in [1.54, 1.807) is 3.11 Å². The number of rotatable bonds is 1. The number of hydrogen-bond acceptors (Lipinski definition) is 2. The van der Waals surface area contributed by atoms with E-state index < -0.39 is 18.6 Å². The van der Waals surface area contributed by atoms with Crippen molar-refractivity contribution in [3.8, 4) is 0 Å². The first-order valence-corrected chi connectivity index (χ1v) is 5.71. The van der Waals surface area contributed by atoms with Crippen LogP contribution in [0.25, 0.3) is 0 Å². The molecule has 1 saturated heterocycles. The Morgan fingerprint density at radius 2 is 1.85 bits per heavy atom. The van der Waals surface area contributed by atoms with E-state index in [1.165, 1.54) is 0 Å². The predicted octanol–water partition coefficient (Wildman–Crippen LogP) is 2.63. The summed E-state index contributed by atoms with van der Waals surface area (Å²) in [4.78, 5) is 0. The van der Waals surface area contributed by atoms with Crippen molar-refractivity contribution in [3.63, 3.8) is 0 Å². The molecule has 1 fully saturated rings. The largest absolute Gasteiger partial charge is 0.390 e. The van der Waals surface area contributed by atoms with Crippen LogP contribution in [0, 0.1) is 0 Å². The van der Waals surface area contributed by atoms with Gasteiger partial charge in [-0.2, -0.15) is 13.2 Å². The molecule has 13 heavy (non-hydrogen) atoms. The summed E-state index contributed by atoms with van der Waals surface area (Å²) in [5, 5.41) is 0. The third-order valence-electron chi connectivity index (χ3n) is 1.83. The lowest BCUT2D eigenvalue weighted by molar-refractivity contribution is -0.144. The predicted molar refractivity (Wildman–Crippen MR) is 60.8 cm³/mol. The molecule has 0 aromatic carbocycles. The molecule has 78 valence electrons. The summed E-state index contributed by atoms with van der Waals surface area (Å²) < 4.78 is 39.9. The standard InChI is InChI=1S/C6H9F3I2N2/c7-6(8,9)3-5-4-12(10)1-2-13(5)11/h5H,1-4H2/t5-/m1/s1. The minimum atomic E-state index is -4.05. The highest BCUT2D eigenvalue weighted by atomic mass is 127. The molecule has 1 rings (SSSR count).